The standard InChI is InChI=1S/C16H22N2O3/c1-11(2)9-16(3,21-5)15(19)18-14-7-6-13(20-4)8-12(14)10-17/h6-8,11H,9H2,1-5H3,(H,18,19)/t16-/m0/s1. The Hall–Kier alpha value is -2.06. The van der Waals surface area contributed by atoms with E-state index in [0.717, 1.165) is 0 Å². The number of nitrogens with one attached hydrogen (secondary N) is 1. The van der Waals surface area contributed by atoms with Gasteiger partial charge < -0.3 is 14.8 Å². The lowest BCUT2D eigenvalue weighted by Crippen LogP contribution is -2.43. The van der Waals surface area contributed by atoms with E-state index in [4.69, 9.17) is 14.7 Å². The average molecular weight is 290 g/mol. The number of amides is 1. The molecule has 5 heteroatoms. The van der Waals surface area contributed by atoms with Crippen molar-refractivity contribution in [2.45, 2.75) is 32.8 Å². The summed E-state index contributed by atoms with van der Waals surface area (Å²) in [4.78, 5) is 12.4. The Labute approximate surface area is 125 Å². The van der Waals surface area contributed by atoms with E-state index >= 15 is 0 Å². The van der Waals surface area contributed by atoms with Gasteiger partial charge in [0, 0.05) is 7.11 Å². The zero-order valence-corrected chi connectivity index (χ0v) is 13.2. The first-order chi connectivity index (χ1) is 9.86. The first-order valence-electron chi connectivity index (χ1n) is 6.81. The third-order valence-electron chi connectivity index (χ3n) is 3.32. The predicted molar refractivity (Wildman–Crippen MR) is 81.2 cm³/mol. The summed E-state index contributed by atoms with van der Waals surface area (Å²) in [5.74, 6) is 0.619. The highest BCUT2D eigenvalue weighted by atomic mass is 16.5. The molecule has 21 heavy (non-hydrogen) atoms. The number of ether oxygens (including phenoxy) is 2. The molecule has 5 nitrogen and oxygen atoms in total. The number of anilines is 1. The van der Waals surface area contributed by atoms with E-state index in [1.54, 1.807) is 25.1 Å². The van der Waals surface area contributed by atoms with Crippen LogP contribution < -0.4 is 10.1 Å². The summed E-state index contributed by atoms with van der Waals surface area (Å²) in [7, 11) is 3.04. The lowest BCUT2D eigenvalue weighted by molar-refractivity contribution is -0.137. The molecular weight excluding hydrogens is 268 g/mol. The highest BCUT2D eigenvalue weighted by Crippen LogP contribution is 2.25. The fourth-order valence-electron chi connectivity index (χ4n) is 2.15. The Bertz CT molecular complexity index is 549. The number of carbonyl (C=O) groups is 1. The highest BCUT2D eigenvalue weighted by Gasteiger charge is 2.34. The van der Waals surface area contributed by atoms with Crippen molar-refractivity contribution in [2.24, 2.45) is 5.92 Å². The molecule has 0 saturated heterocycles. The minimum absolute atomic E-state index is 0.264. The Kier molecular flexibility index (Phi) is 5.74. The van der Waals surface area contributed by atoms with E-state index in [9.17, 15) is 4.79 Å². The topological polar surface area (TPSA) is 71.3 Å². The van der Waals surface area contributed by atoms with Crippen LogP contribution in [0.25, 0.3) is 0 Å². The number of methoxy groups -OCH3 is 2. The Balaban J connectivity index is 3.00. The molecule has 0 aromatic heterocycles. The largest absolute Gasteiger partial charge is 0.497 e. The number of rotatable bonds is 6. The SMILES string of the molecule is COc1ccc(NC(=O)[C@](C)(CC(C)C)OC)c(C#N)c1. The molecule has 0 unspecified atom stereocenters. The number of hydrogen-bond acceptors (Lipinski definition) is 4. The van der Waals surface area contributed by atoms with Gasteiger partial charge in [0.15, 0.2) is 0 Å². The monoisotopic (exact) mass is 290 g/mol. The molecule has 1 aromatic rings. The van der Waals surface area contributed by atoms with Gasteiger partial charge in [-0.1, -0.05) is 13.8 Å². The van der Waals surface area contributed by atoms with Crippen LogP contribution in [-0.4, -0.2) is 25.7 Å². The zero-order valence-electron chi connectivity index (χ0n) is 13.2. The van der Waals surface area contributed by atoms with Crippen molar-refractivity contribution in [1.29, 1.82) is 5.26 Å². The van der Waals surface area contributed by atoms with Crippen LogP contribution in [0.1, 0.15) is 32.8 Å². The van der Waals surface area contributed by atoms with Gasteiger partial charge in [0.05, 0.1) is 18.4 Å². The normalized spacial score (nSPS) is 13.4. The van der Waals surface area contributed by atoms with E-state index < -0.39 is 5.60 Å². The van der Waals surface area contributed by atoms with Gasteiger partial charge in [-0.2, -0.15) is 5.26 Å². The maximum Gasteiger partial charge on any atom is 0.256 e. The Morgan fingerprint density at radius 2 is 2.10 bits per heavy atom. The van der Waals surface area contributed by atoms with E-state index in [2.05, 4.69) is 11.4 Å². The van der Waals surface area contributed by atoms with Crippen LogP contribution in [-0.2, 0) is 9.53 Å². The molecule has 1 N–H and O–H groups in total. The van der Waals surface area contributed by atoms with Crippen LogP contribution in [0.15, 0.2) is 18.2 Å². The quantitative estimate of drug-likeness (QED) is 0.874. The number of carbonyl (C=O) groups excluding carboxylic acids is 1. The molecule has 1 atom stereocenters. The fraction of sp³-hybridized carbons (Fsp3) is 0.500. The van der Waals surface area contributed by atoms with E-state index in [1.807, 2.05) is 13.8 Å². The third-order valence-corrected chi connectivity index (χ3v) is 3.32. The molecule has 0 bridgehead atoms. The summed E-state index contributed by atoms with van der Waals surface area (Å²) in [6.45, 7) is 5.80. The van der Waals surface area contributed by atoms with Crippen molar-refractivity contribution in [3.63, 3.8) is 0 Å². The van der Waals surface area contributed by atoms with Crippen molar-refractivity contribution in [3.05, 3.63) is 23.8 Å². The number of hydrogen-bond donors (Lipinski definition) is 1. The van der Waals surface area contributed by atoms with E-state index in [0.29, 0.717) is 29.3 Å². The van der Waals surface area contributed by atoms with Gasteiger partial charge in [-0.3, -0.25) is 4.79 Å². The minimum Gasteiger partial charge on any atom is -0.497 e. The third kappa shape index (κ3) is 4.20. The molecule has 1 aromatic carbocycles. The molecule has 0 spiro atoms. The molecule has 1 rings (SSSR count). The van der Waals surface area contributed by atoms with Gasteiger partial charge in [0.25, 0.3) is 5.91 Å². The van der Waals surface area contributed by atoms with Gasteiger partial charge in [0.1, 0.15) is 17.4 Å². The highest BCUT2D eigenvalue weighted by molar-refractivity contribution is 5.98. The second-order valence-corrected chi connectivity index (χ2v) is 5.51. The average Bonchev–Trinajstić information content (AvgIpc) is 2.46. The molecule has 0 aliphatic carbocycles. The Morgan fingerprint density at radius 1 is 1.43 bits per heavy atom. The van der Waals surface area contributed by atoms with Gasteiger partial charge in [-0.25, -0.2) is 0 Å². The van der Waals surface area contributed by atoms with Crippen LogP contribution in [0.5, 0.6) is 5.75 Å². The number of benzene rings is 1. The summed E-state index contributed by atoms with van der Waals surface area (Å²) >= 11 is 0. The fourth-order valence-corrected chi connectivity index (χ4v) is 2.15. The Morgan fingerprint density at radius 3 is 2.57 bits per heavy atom. The maximum atomic E-state index is 12.4. The first-order valence-corrected chi connectivity index (χ1v) is 6.81. The lowest BCUT2D eigenvalue weighted by Gasteiger charge is -2.28. The predicted octanol–water partition coefficient (Wildman–Crippen LogP) is 2.96. The lowest BCUT2D eigenvalue weighted by atomic mass is 9.93. The van der Waals surface area contributed by atoms with Gasteiger partial charge in [-0.15, -0.1) is 0 Å². The van der Waals surface area contributed by atoms with Crippen molar-refractivity contribution in [3.8, 4) is 11.8 Å². The molecular formula is C16H22N2O3. The van der Waals surface area contributed by atoms with Crippen LogP contribution in [0.4, 0.5) is 5.69 Å². The van der Waals surface area contributed by atoms with E-state index in [1.165, 1.54) is 14.2 Å². The van der Waals surface area contributed by atoms with Crippen molar-refractivity contribution < 1.29 is 14.3 Å². The van der Waals surface area contributed by atoms with Gasteiger partial charge in [-0.05, 0) is 37.5 Å². The molecule has 0 aliphatic rings. The minimum atomic E-state index is -0.930. The van der Waals surface area contributed by atoms with Crippen molar-refractivity contribution >= 4 is 11.6 Å². The van der Waals surface area contributed by atoms with Crippen molar-refractivity contribution in [1.82, 2.24) is 0 Å². The summed E-state index contributed by atoms with van der Waals surface area (Å²) in [6, 6.07) is 6.99. The number of nitrogens with zero attached hydrogens (tertiary/aromatic N) is 1. The molecule has 0 fully saturated rings. The molecule has 0 radical (unpaired) electrons. The summed E-state index contributed by atoms with van der Waals surface area (Å²) in [5, 5.41) is 11.9. The second kappa shape index (κ2) is 7.09. The van der Waals surface area contributed by atoms with Gasteiger partial charge >= 0.3 is 0 Å². The molecule has 1 amide bonds. The van der Waals surface area contributed by atoms with Crippen LogP contribution in [0.3, 0.4) is 0 Å². The van der Waals surface area contributed by atoms with Crippen LogP contribution >= 0.6 is 0 Å². The van der Waals surface area contributed by atoms with Gasteiger partial charge in [0.2, 0.25) is 0 Å². The number of nitriles is 1. The second-order valence-electron chi connectivity index (χ2n) is 5.51. The molecule has 0 saturated carbocycles. The summed E-state index contributed by atoms with van der Waals surface area (Å²) in [5.41, 5.74) is -0.123. The molecule has 0 heterocycles. The molecule has 0 aliphatic heterocycles. The molecule has 114 valence electrons. The zero-order chi connectivity index (χ0) is 16.0. The van der Waals surface area contributed by atoms with E-state index in [-0.39, 0.29) is 5.91 Å². The summed E-state index contributed by atoms with van der Waals surface area (Å²) < 4.78 is 10.5. The smallest absolute Gasteiger partial charge is 0.256 e. The van der Waals surface area contributed by atoms with Crippen LogP contribution in [0, 0.1) is 17.2 Å². The maximum absolute atomic E-state index is 12.4. The van der Waals surface area contributed by atoms with Crippen LogP contribution in [0.2, 0.25) is 0 Å². The van der Waals surface area contributed by atoms with Crippen molar-refractivity contribution in [2.75, 3.05) is 19.5 Å². The summed E-state index contributed by atoms with van der Waals surface area (Å²) in [6.07, 6.45) is 0.591. The first kappa shape index (κ1) is 17.0.